The first-order chi connectivity index (χ1) is 17.8. The van der Waals surface area contributed by atoms with Crippen LogP contribution in [0.1, 0.15) is 33.3 Å². The van der Waals surface area contributed by atoms with E-state index in [1.54, 1.807) is 23.9 Å². The second kappa shape index (κ2) is 8.95. The Morgan fingerprint density at radius 2 is 2.00 bits per heavy atom. The molecule has 37 heavy (non-hydrogen) atoms. The molecule has 0 aliphatic carbocycles. The highest BCUT2D eigenvalue weighted by Gasteiger charge is 2.30. The highest BCUT2D eigenvalue weighted by atomic mass is 32.1. The number of rotatable bonds is 4. The quantitative estimate of drug-likeness (QED) is 0.380. The topological polar surface area (TPSA) is 95.8 Å². The van der Waals surface area contributed by atoms with Crippen molar-refractivity contribution in [2.45, 2.75) is 45.7 Å². The molecule has 1 aliphatic heterocycles. The minimum atomic E-state index is 0.0592. The van der Waals surface area contributed by atoms with Gasteiger partial charge in [0.05, 0.1) is 22.9 Å². The van der Waals surface area contributed by atoms with E-state index in [0.29, 0.717) is 6.54 Å². The lowest BCUT2D eigenvalue weighted by molar-refractivity contribution is -0.134. The van der Waals surface area contributed by atoms with Gasteiger partial charge >= 0.3 is 0 Å². The van der Waals surface area contributed by atoms with Gasteiger partial charge in [-0.15, -0.1) is 11.3 Å². The molecule has 190 valence electrons. The number of imidazole rings is 2. The monoisotopic (exact) mass is 514 g/mol. The average Bonchev–Trinajstić information content (AvgIpc) is 3.61. The SMILES string of the molecule is C[C@@H]1CN(c2scnc2-c2nc3cc(C(C)(C)C)ccc3[nH]2)CCN1C(=O)Cn1cnc2cccnc21. The summed E-state index contributed by atoms with van der Waals surface area (Å²) >= 11 is 1.62. The molecule has 0 radical (unpaired) electrons. The molecule has 0 unspecified atom stereocenters. The van der Waals surface area contributed by atoms with Crippen molar-refractivity contribution in [3.05, 3.63) is 53.9 Å². The van der Waals surface area contributed by atoms with E-state index in [1.807, 2.05) is 27.1 Å². The van der Waals surface area contributed by atoms with Gasteiger partial charge in [-0.2, -0.15) is 0 Å². The number of nitrogens with zero attached hydrogens (tertiary/aromatic N) is 7. The van der Waals surface area contributed by atoms with E-state index >= 15 is 0 Å². The first kappa shape index (κ1) is 23.6. The molecule has 0 spiro atoms. The molecule has 0 saturated carbocycles. The number of amides is 1. The number of benzene rings is 1. The van der Waals surface area contributed by atoms with Crippen molar-refractivity contribution in [3.63, 3.8) is 0 Å². The Balaban J connectivity index is 1.19. The maximum Gasteiger partial charge on any atom is 0.242 e. The van der Waals surface area contributed by atoms with Crippen LogP contribution in [0.3, 0.4) is 0 Å². The third kappa shape index (κ3) is 4.35. The molecule has 5 aromatic rings. The number of carbonyl (C=O) groups excluding carboxylic acids is 1. The molecule has 4 aromatic heterocycles. The zero-order chi connectivity index (χ0) is 25.7. The number of thiazole rings is 1. The molecule has 1 atom stereocenters. The van der Waals surface area contributed by atoms with Gasteiger partial charge in [0.2, 0.25) is 5.91 Å². The van der Waals surface area contributed by atoms with Crippen molar-refractivity contribution in [3.8, 4) is 11.5 Å². The zero-order valence-electron chi connectivity index (χ0n) is 21.5. The molecular weight excluding hydrogens is 484 g/mol. The highest BCUT2D eigenvalue weighted by Crippen LogP contribution is 2.35. The average molecular weight is 515 g/mol. The van der Waals surface area contributed by atoms with Gasteiger partial charge in [0.1, 0.15) is 22.8 Å². The summed E-state index contributed by atoms with van der Waals surface area (Å²) in [6.45, 7) is 11.1. The third-order valence-corrected chi connectivity index (χ3v) is 7.92. The third-order valence-electron chi connectivity index (χ3n) is 7.04. The molecular formula is C27H30N8OS. The minimum absolute atomic E-state index is 0.0592. The molecule has 1 aromatic carbocycles. The van der Waals surface area contributed by atoms with E-state index in [4.69, 9.17) is 4.98 Å². The van der Waals surface area contributed by atoms with E-state index in [1.165, 1.54) is 5.56 Å². The number of hydrogen-bond donors (Lipinski definition) is 1. The zero-order valence-corrected chi connectivity index (χ0v) is 22.3. The summed E-state index contributed by atoms with van der Waals surface area (Å²) in [6.07, 6.45) is 3.42. The van der Waals surface area contributed by atoms with Crippen molar-refractivity contribution in [2.75, 3.05) is 24.5 Å². The number of fused-ring (bicyclic) bond motifs is 2. The van der Waals surface area contributed by atoms with Crippen LogP contribution in [0.15, 0.2) is 48.4 Å². The summed E-state index contributed by atoms with van der Waals surface area (Å²) in [4.78, 5) is 39.3. The Morgan fingerprint density at radius 1 is 1.14 bits per heavy atom. The number of anilines is 1. The second-order valence-corrected chi connectivity index (χ2v) is 11.5. The van der Waals surface area contributed by atoms with Crippen molar-refractivity contribution < 1.29 is 4.79 Å². The Kier molecular flexibility index (Phi) is 5.71. The standard InChI is InChI=1S/C27H30N8OS/c1-17-13-33(10-11-35(17)22(36)14-34-15-29-20-6-5-9-28-25(20)34)26-23(30-16-37-26)24-31-19-8-7-18(27(2,3)4)12-21(19)32-24/h5-9,12,15-17H,10-11,13-14H2,1-4H3,(H,31,32)/t17-/m1/s1. The molecule has 1 fully saturated rings. The van der Waals surface area contributed by atoms with E-state index in [2.05, 4.69) is 70.7 Å². The number of H-pyrrole nitrogens is 1. The van der Waals surface area contributed by atoms with E-state index in [0.717, 1.165) is 51.8 Å². The molecule has 10 heteroatoms. The summed E-state index contributed by atoms with van der Waals surface area (Å²) in [5.41, 5.74) is 7.54. The predicted molar refractivity (Wildman–Crippen MR) is 147 cm³/mol. The smallest absolute Gasteiger partial charge is 0.242 e. The molecule has 6 rings (SSSR count). The van der Waals surface area contributed by atoms with E-state index < -0.39 is 0 Å². The molecule has 5 heterocycles. The largest absolute Gasteiger partial charge is 0.358 e. The summed E-state index contributed by atoms with van der Waals surface area (Å²) in [5.74, 6) is 0.858. The first-order valence-electron chi connectivity index (χ1n) is 12.5. The summed E-state index contributed by atoms with van der Waals surface area (Å²) in [7, 11) is 0. The molecule has 1 amide bonds. The number of hydrogen-bond acceptors (Lipinski definition) is 7. The Bertz CT molecular complexity index is 1590. The van der Waals surface area contributed by atoms with Crippen LogP contribution >= 0.6 is 11.3 Å². The maximum absolute atomic E-state index is 13.2. The van der Waals surface area contributed by atoms with Gasteiger partial charge in [0.25, 0.3) is 0 Å². The lowest BCUT2D eigenvalue weighted by Crippen LogP contribution is -2.54. The fourth-order valence-electron chi connectivity index (χ4n) is 4.97. The van der Waals surface area contributed by atoms with Crippen LogP contribution in [0.25, 0.3) is 33.7 Å². The fraction of sp³-hybridized carbons (Fsp3) is 0.370. The molecule has 1 aliphatic rings. The minimum Gasteiger partial charge on any atom is -0.358 e. The first-order valence-corrected chi connectivity index (χ1v) is 13.4. The highest BCUT2D eigenvalue weighted by molar-refractivity contribution is 7.14. The van der Waals surface area contributed by atoms with E-state index in [-0.39, 0.29) is 23.9 Å². The van der Waals surface area contributed by atoms with Crippen LogP contribution in [0.5, 0.6) is 0 Å². The van der Waals surface area contributed by atoms with Crippen molar-refractivity contribution >= 4 is 44.4 Å². The lowest BCUT2D eigenvalue weighted by Gasteiger charge is -2.40. The number of aromatic amines is 1. The molecule has 1 saturated heterocycles. The predicted octanol–water partition coefficient (Wildman–Crippen LogP) is 4.47. The normalized spacial score (nSPS) is 16.7. The van der Waals surface area contributed by atoms with Crippen molar-refractivity contribution in [1.82, 2.24) is 34.4 Å². The van der Waals surface area contributed by atoms with Crippen LogP contribution < -0.4 is 4.90 Å². The number of aromatic nitrogens is 6. The Morgan fingerprint density at radius 3 is 2.81 bits per heavy atom. The number of piperazine rings is 1. The van der Waals surface area contributed by atoms with Gasteiger partial charge in [0, 0.05) is 31.9 Å². The van der Waals surface area contributed by atoms with Gasteiger partial charge < -0.3 is 19.4 Å². The van der Waals surface area contributed by atoms with Gasteiger partial charge in [0.15, 0.2) is 11.5 Å². The summed E-state index contributed by atoms with van der Waals surface area (Å²) in [6, 6.07) is 10.2. The van der Waals surface area contributed by atoms with Gasteiger partial charge in [-0.05, 0) is 42.2 Å². The maximum atomic E-state index is 13.2. The number of pyridine rings is 1. The molecule has 1 N–H and O–H groups in total. The fourth-order valence-corrected chi connectivity index (χ4v) is 5.81. The summed E-state index contributed by atoms with van der Waals surface area (Å²) < 4.78 is 1.82. The lowest BCUT2D eigenvalue weighted by atomic mass is 9.87. The van der Waals surface area contributed by atoms with E-state index in [9.17, 15) is 4.79 Å². The van der Waals surface area contributed by atoms with Crippen LogP contribution in [0.2, 0.25) is 0 Å². The summed E-state index contributed by atoms with van der Waals surface area (Å²) in [5, 5.41) is 1.08. The number of nitrogens with one attached hydrogen (secondary N) is 1. The van der Waals surface area contributed by atoms with Crippen LogP contribution in [-0.4, -0.2) is 66.0 Å². The Labute approximate surface area is 219 Å². The van der Waals surface area contributed by atoms with Gasteiger partial charge in [-0.3, -0.25) is 4.79 Å². The molecule has 9 nitrogen and oxygen atoms in total. The molecule has 0 bridgehead atoms. The van der Waals surface area contributed by atoms with Crippen LogP contribution in [0, 0.1) is 0 Å². The van der Waals surface area contributed by atoms with Crippen LogP contribution in [-0.2, 0) is 16.8 Å². The van der Waals surface area contributed by atoms with Crippen molar-refractivity contribution in [2.24, 2.45) is 0 Å². The van der Waals surface area contributed by atoms with Gasteiger partial charge in [-0.25, -0.2) is 19.9 Å². The van der Waals surface area contributed by atoms with Crippen molar-refractivity contribution in [1.29, 1.82) is 0 Å². The van der Waals surface area contributed by atoms with Crippen LogP contribution in [0.4, 0.5) is 5.00 Å². The van der Waals surface area contributed by atoms with Gasteiger partial charge in [-0.1, -0.05) is 26.8 Å². The Hall–Kier alpha value is -3.79. The second-order valence-electron chi connectivity index (χ2n) is 10.7. The number of carbonyl (C=O) groups is 1.